The lowest BCUT2D eigenvalue weighted by molar-refractivity contribution is -0.117. The Balaban J connectivity index is 2.05. The Hall–Kier alpha value is -2.17. The predicted octanol–water partition coefficient (Wildman–Crippen LogP) is 4.90. The van der Waals surface area contributed by atoms with E-state index >= 15 is 0 Å². The molecule has 1 atom stereocenters. The number of halogens is 2. The van der Waals surface area contributed by atoms with E-state index in [0.29, 0.717) is 21.5 Å². The van der Waals surface area contributed by atoms with Crippen molar-refractivity contribution in [1.29, 1.82) is 0 Å². The van der Waals surface area contributed by atoms with Crippen LogP contribution in [0.1, 0.15) is 24.1 Å². The molecule has 0 aliphatic carbocycles. The lowest BCUT2D eigenvalue weighted by Gasteiger charge is -2.15. The van der Waals surface area contributed by atoms with Gasteiger partial charge in [0.25, 0.3) is 0 Å². The third-order valence-electron chi connectivity index (χ3n) is 3.64. The van der Waals surface area contributed by atoms with Crippen LogP contribution in [-0.2, 0) is 4.79 Å². The van der Waals surface area contributed by atoms with E-state index in [1.54, 1.807) is 44.6 Å². The van der Waals surface area contributed by atoms with Gasteiger partial charge in [-0.2, -0.15) is 0 Å². The molecular formula is C19H19Cl2NO3. The van der Waals surface area contributed by atoms with Crippen LogP contribution in [0.25, 0.3) is 6.08 Å². The standard InChI is InChI=1S/C19H19Cl2NO3/c1-12(14-5-8-17(24-2)18(10-14)25-3)22-19(23)9-6-13-4-7-15(20)11-16(13)21/h4-12H,1-3H3,(H,22,23)/b9-6+/t12-/m0/s1. The molecule has 6 heteroatoms. The fourth-order valence-corrected chi connectivity index (χ4v) is 2.74. The lowest BCUT2D eigenvalue weighted by Crippen LogP contribution is -2.24. The average Bonchev–Trinajstić information content (AvgIpc) is 2.60. The van der Waals surface area contributed by atoms with Crippen LogP contribution >= 0.6 is 23.2 Å². The highest BCUT2D eigenvalue weighted by Crippen LogP contribution is 2.29. The summed E-state index contributed by atoms with van der Waals surface area (Å²) < 4.78 is 10.5. The summed E-state index contributed by atoms with van der Waals surface area (Å²) in [6, 6.07) is 10.4. The largest absolute Gasteiger partial charge is 0.493 e. The molecule has 1 N–H and O–H groups in total. The predicted molar refractivity (Wildman–Crippen MR) is 102 cm³/mol. The minimum atomic E-state index is -0.228. The van der Waals surface area contributed by atoms with Crippen molar-refractivity contribution in [3.63, 3.8) is 0 Å². The van der Waals surface area contributed by atoms with Gasteiger partial charge in [0.05, 0.1) is 20.3 Å². The number of hydrogen-bond donors (Lipinski definition) is 1. The summed E-state index contributed by atoms with van der Waals surface area (Å²) in [6.07, 6.45) is 3.09. The summed E-state index contributed by atoms with van der Waals surface area (Å²) in [5.74, 6) is 1.03. The fourth-order valence-electron chi connectivity index (χ4n) is 2.27. The topological polar surface area (TPSA) is 47.6 Å². The molecule has 0 aromatic heterocycles. The van der Waals surface area contributed by atoms with Gasteiger partial charge in [-0.05, 0) is 48.4 Å². The van der Waals surface area contributed by atoms with Crippen molar-refractivity contribution in [2.24, 2.45) is 0 Å². The minimum Gasteiger partial charge on any atom is -0.493 e. The zero-order valence-electron chi connectivity index (χ0n) is 14.2. The van der Waals surface area contributed by atoms with Crippen molar-refractivity contribution in [1.82, 2.24) is 5.32 Å². The smallest absolute Gasteiger partial charge is 0.244 e. The van der Waals surface area contributed by atoms with Crippen LogP contribution in [0.5, 0.6) is 11.5 Å². The molecule has 4 nitrogen and oxygen atoms in total. The molecule has 2 aromatic rings. The second-order valence-corrected chi connectivity index (χ2v) is 6.19. The molecule has 25 heavy (non-hydrogen) atoms. The number of carbonyl (C=O) groups excluding carboxylic acids is 1. The molecular weight excluding hydrogens is 361 g/mol. The Morgan fingerprint density at radius 2 is 1.80 bits per heavy atom. The molecule has 1 amide bonds. The highest BCUT2D eigenvalue weighted by atomic mass is 35.5. The summed E-state index contributed by atoms with van der Waals surface area (Å²) >= 11 is 11.9. The second-order valence-electron chi connectivity index (χ2n) is 5.34. The van der Waals surface area contributed by atoms with Crippen LogP contribution in [0.2, 0.25) is 10.0 Å². The normalized spacial score (nSPS) is 12.0. The Morgan fingerprint density at radius 1 is 1.08 bits per heavy atom. The fraction of sp³-hybridized carbons (Fsp3) is 0.211. The van der Waals surface area contributed by atoms with Crippen molar-refractivity contribution >= 4 is 35.2 Å². The van der Waals surface area contributed by atoms with Gasteiger partial charge in [0.1, 0.15) is 0 Å². The van der Waals surface area contributed by atoms with Crippen LogP contribution in [0.15, 0.2) is 42.5 Å². The number of ether oxygens (including phenoxy) is 2. The van der Waals surface area contributed by atoms with Crippen LogP contribution in [-0.4, -0.2) is 20.1 Å². The Kier molecular flexibility index (Phi) is 6.73. The van der Waals surface area contributed by atoms with E-state index in [9.17, 15) is 4.79 Å². The monoisotopic (exact) mass is 379 g/mol. The number of methoxy groups -OCH3 is 2. The molecule has 0 fully saturated rings. The number of hydrogen-bond acceptors (Lipinski definition) is 3. The molecule has 0 spiro atoms. The number of nitrogens with one attached hydrogen (secondary N) is 1. The van der Waals surface area contributed by atoms with Crippen LogP contribution in [0, 0.1) is 0 Å². The van der Waals surface area contributed by atoms with Crippen LogP contribution in [0.4, 0.5) is 0 Å². The van der Waals surface area contributed by atoms with E-state index in [2.05, 4.69) is 5.32 Å². The van der Waals surface area contributed by atoms with Crippen LogP contribution < -0.4 is 14.8 Å². The van der Waals surface area contributed by atoms with E-state index in [4.69, 9.17) is 32.7 Å². The maximum Gasteiger partial charge on any atom is 0.244 e. The molecule has 0 bridgehead atoms. The van der Waals surface area contributed by atoms with Gasteiger partial charge in [-0.3, -0.25) is 4.79 Å². The van der Waals surface area contributed by atoms with Gasteiger partial charge in [-0.25, -0.2) is 0 Å². The van der Waals surface area contributed by atoms with Crippen molar-refractivity contribution in [3.05, 3.63) is 63.6 Å². The molecule has 2 aromatic carbocycles. The Labute approximate surface area is 157 Å². The lowest BCUT2D eigenvalue weighted by atomic mass is 10.1. The molecule has 0 radical (unpaired) electrons. The van der Waals surface area contributed by atoms with E-state index in [1.165, 1.54) is 6.08 Å². The first-order chi connectivity index (χ1) is 11.9. The first-order valence-corrected chi connectivity index (χ1v) is 8.35. The molecule has 0 saturated carbocycles. The maximum absolute atomic E-state index is 12.1. The molecule has 2 rings (SSSR count). The third kappa shape index (κ3) is 5.15. The summed E-state index contributed by atoms with van der Waals surface area (Å²) in [4.78, 5) is 12.1. The number of benzene rings is 2. The van der Waals surface area contributed by atoms with Gasteiger partial charge >= 0.3 is 0 Å². The number of amides is 1. The Morgan fingerprint density at radius 3 is 2.44 bits per heavy atom. The van der Waals surface area contributed by atoms with Gasteiger partial charge in [0.15, 0.2) is 11.5 Å². The summed E-state index contributed by atoms with van der Waals surface area (Å²) in [5.41, 5.74) is 1.63. The van der Waals surface area contributed by atoms with Gasteiger partial charge in [-0.1, -0.05) is 35.3 Å². The van der Waals surface area contributed by atoms with Crippen molar-refractivity contribution in [3.8, 4) is 11.5 Å². The molecule has 0 saturated heterocycles. The van der Waals surface area contributed by atoms with Gasteiger partial charge in [-0.15, -0.1) is 0 Å². The van der Waals surface area contributed by atoms with Gasteiger partial charge in [0, 0.05) is 16.1 Å². The molecule has 0 unspecified atom stereocenters. The number of carbonyl (C=O) groups is 1. The summed E-state index contributed by atoms with van der Waals surface area (Å²) in [7, 11) is 3.15. The highest BCUT2D eigenvalue weighted by molar-refractivity contribution is 6.35. The zero-order valence-corrected chi connectivity index (χ0v) is 15.7. The van der Waals surface area contributed by atoms with Crippen molar-refractivity contribution in [2.45, 2.75) is 13.0 Å². The average molecular weight is 380 g/mol. The maximum atomic E-state index is 12.1. The SMILES string of the molecule is COc1ccc([C@H](C)NC(=O)/C=C/c2ccc(Cl)cc2Cl)cc1OC. The van der Waals surface area contributed by atoms with Gasteiger partial charge in [0.2, 0.25) is 5.91 Å². The van der Waals surface area contributed by atoms with Gasteiger partial charge < -0.3 is 14.8 Å². The molecule has 0 heterocycles. The summed E-state index contributed by atoms with van der Waals surface area (Å²) in [6.45, 7) is 1.89. The molecule has 0 aliphatic heterocycles. The van der Waals surface area contributed by atoms with Crippen LogP contribution in [0.3, 0.4) is 0 Å². The first-order valence-electron chi connectivity index (χ1n) is 7.60. The molecule has 0 aliphatic rings. The van der Waals surface area contributed by atoms with Crippen molar-refractivity contribution in [2.75, 3.05) is 14.2 Å². The second kappa shape index (κ2) is 8.79. The Bertz CT molecular complexity index is 790. The minimum absolute atomic E-state index is 0.197. The highest BCUT2D eigenvalue weighted by Gasteiger charge is 2.11. The van der Waals surface area contributed by atoms with E-state index in [0.717, 1.165) is 11.1 Å². The van der Waals surface area contributed by atoms with E-state index < -0.39 is 0 Å². The van der Waals surface area contributed by atoms with Crippen molar-refractivity contribution < 1.29 is 14.3 Å². The third-order valence-corrected chi connectivity index (χ3v) is 4.21. The quantitative estimate of drug-likeness (QED) is 0.725. The zero-order chi connectivity index (χ0) is 18.4. The number of rotatable bonds is 6. The van der Waals surface area contributed by atoms with E-state index in [-0.39, 0.29) is 11.9 Å². The first kappa shape index (κ1) is 19.2. The summed E-state index contributed by atoms with van der Waals surface area (Å²) in [5, 5.41) is 3.93. The van der Waals surface area contributed by atoms with E-state index in [1.807, 2.05) is 19.1 Å². The molecule has 132 valence electrons.